The Morgan fingerprint density at radius 1 is 1.15 bits per heavy atom. The molecule has 1 aromatic heterocycles. The van der Waals surface area contributed by atoms with E-state index in [0.29, 0.717) is 12.1 Å². The average molecular weight is 467 g/mol. The van der Waals surface area contributed by atoms with Gasteiger partial charge in [-0.2, -0.15) is 18.3 Å². The van der Waals surface area contributed by atoms with E-state index in [1.165, 1.54) is 23.4 Å². The normalized spacial score (nSPS) is 12.1. The number of hydrogen-bond donors (Lipinski definition) is 2. The van der Waals surface area contributed by atoms with E-state index >= 15 is 0 Å². The summed E-state index contributed by atoms with van der Waals surface area (Å²) in [6, 6.07) is 9.51. The predicted octanol–water partition coefficient (Wildman–Crippen LogP) is 6.55. The average Bonchev–Trinajstić information content (AvgIpc) is 3.29. The number of rotatable bonds is 7. The lowest BCUT2D eigenvalue weighted by atomic mass is 10.0. The van der Waals surface area contributed by atoms with Gasteiger partial charge in [-0.1, -0.05) is 42.5 Å². The van der Waals surface area contributed by atoms with Crippen molar-refractivity contribution in [3.63, 3.8) is 0 Å². The molecule has 0 fully saturated rings. The van der Waals surface area contributed by atoms with Gasteiger partial charge in [0.2, 0.25) is 0 Å². The fourth-order valence-corrected chi connectivity index (χ4v) is 3.26. The van der Waals surface area contributed by atoms with Crippen LogP contribution < -0.4 is 10.6 Å². The maximum absolute atomic E-state index is 13.2. The minimum Gasteiger partial charge on any atom is -0.308 e. The van der Waals surface area contributed by atoms with Gasteiger partial charge in [0.15, 0.2) is 0 Å². The smallest absolute Gasteiger partial charge is 0.308 e. The molecule has 0 aliphatic carbocycles. The lowest BCUT2D eigenvalue weighted by Crippen LogP contribution is -2.21. The van der Waals surface area contributed by atoms with Crippen LogP contribution in [0.5, 0.6) is 0 Å². The molecule has 6 nitrogen and oxygen atoms in total. The number of benzene rings is 2. The zero-order valence-corrected chi connectivity index (χ0v) is 18.7. The minimum atomic E-state index is -4.56. The number of nitrogens with zero attached hydrogens (tertiary/aromatic N) is 3. The topological polar surface area (TPSA) is 71.8 Å². The number of urea groups is 1. The second kappa shape index (κ2) is 10.7. The number of carbonyl (C=O) groups excluding carboxylic acids is 1. The highest BCUT2D eigenvalue weighted by atomic mass is 19.4. The monoisotopic (exact) mass is 467 g/mol. The first-order valence-corrected chi connectivity index (χ1v) is 10.4. The number of anilines is 2. The summed E-state index contributed by atoms with van der Waals surface area (Å²) in [5, 5.41) is 9.05. The Balaban J connectivity index is 1.75. The summed E-state index contributed by atoms with van der Waals surface area (Å²) in [6.45, 7) is 7.77. The molecule has 2 N–H and O–H groups in total. The second-order valence-electron chi connectivity index (χ2n) is 7.59. The fourth-order valence-electron chi connectivity index (χ4n) is 3.26. The summed E-state index contributed by atoms with van der Waals surface area (Å²) in [4.78, 5) is 16.4. The van der Waals surface area contributed by atoms with Crippen LogP contribution in [0.4, 0.5) is 29.3 Å². The molecule has 176 valence electrons. The van der Waals surface area contributed by atoms with Crippen LogP contribution in [-0.4, -0.2) is 20.8 Å². The van der Waals surface area contributed by atoms with Gasteiger partial charge >= 0.3 is 12.2 Å². The molecule has 3 aromatic rings. The molecule has 0 aliphatic rings. The fraction of sp³-hybridized carbons (Fsp3) is 0.160. The van der Waals surface area contributed by atoms with Gasteiger partial charge in [-0.25, -0.2) is 14.5 Å². The minimum absolute atomic E-state index is 0.0598. The van der Waals surface area contributed by atoms with Crippen molar-refractivity contribution in [1.82, 2.24) is 14.8 Å². The molecule has 0 bridgehead atoms. The van der Waals surface area contributed by atoms with Gasteiger partial charge in [0.05, 0.1) is 16.9 Å². The molecule has 34 heavy (non-hydrogen) atoms. The van der Waals surface area contributed by atoms with E-state index in [1.54, 1.807) is 12.1 Å². The van der Waals surface area contributed by atoms with E-state index in [0.717, 1.165) is 28.8 Å². The predicted molar refractivity (Wildman–Crippen MR) is 127 cm³/mol. The molecular weight excluding hydrogens is 443 g/mol. The summed E-state index contributed by atoms with van der Waals surface area (Å²) in [7, 11) is 0. The van der Waals surface area contributed by atoms with Gasteiger partial charge in [-0.15, -0.1) is 0 Å². The Bertz CT molecular complexity index is 1210. The quantitative estimate of drug-likeness (QED) is 0.387. The van der Waals surface area contributed by atoms with E-state index in [4.69, 9.17) is 0 Å². The number of alkyl halides is 3. The van der Waals surface area contributed by atoms with Crippen LogP contribution in [0.3, 0.4) is 0 Å². The van der Waals surface area contributed by atoms with E-state index in [9.17, 15) is 18.0 Å². The van der Waals surface area contributed by atoms with Gasteiger partial charge < -0.3 is 10.6 Å². The number of amides is 2. The van der Waals surface area contributed by atoms with Gasteiger partial charge in [0.25, 0.3) is 0 Å². The molecule has 3 rings (SSSR count). The van der Waals surface area contributed by atoms with Crippen molar-refractivity contribution in [3.8, 4) is 5.69 Å². The molecule has 2 amide bonds. The number of allylic oxidation sites excluding steroid dienone is 5. The van der Waals surface area contributed by atoms with Gasteiger partial charge in [-0.3, -0.25) is 0 Å². The van der Waals surface area contributed by atoms with E-state index in [1.807, 2.05) is 44.2 Å². The summed E-state index contributed by atoms with van der Waals surface area (Å²) in [5.41, 5.74) is 2.86. The molecule has 0 saturated carbocycles. The largest absolute Gasteiger partial charge is 0.416 e. The van der Waals surface area contributed by atoms with Crippen molar-refractivity contribution in [3.05, 3.63) is 102 Å². The Morgan fingerprint density at radius 2 is 1.88 bits per heavy atom. The SMILES string of the molecule is C=C(C)/C=C(\C=C/C)Cc1ccc(NC(=O)Nc2cc(C(F)(F)F)ccc2-n2cncn2)cc1. The van der Waals surface area contributed by atoms with Gasteiger partial charge in [-0.05, 0) is 61.7 Å². The number of carbonyl (C=O) groups is 1. The third-order valence-corrected chi connectivity index (χ3v) is 4.67. The maximum atomic E-state index is 13.2. The summed E-state index contributed by atoms with van der Waals surface area (Å²) in [6.07, 6.45) is 4.67. The first-order chi connectivity index (χ1) is 16.2. The first-order valence-electron chi connectivity index (χ1n) is 10.4. The van der Waals surface area contributed by atoms with Crippen LogP contribution in [0, 0.1) is 0 Å². The first kappa shape index (κ1) is 24.5. The molecule has 0 atom stereocenters. The van der Waals surface area contributed by atoms with Crippen LogP contribution in [0.1, 0.15) is 25.0 Å². The molecule has 9 heteroatoms. The molecule has 1 heterocycles. The highest BCUT2D eigenvalue weighted by molar-refractivity contribution is 6.01. The third kappa shape index (κ3) is 6.68. The summed E-state index contributed by atoms with van der Waals surface area (Å²) >= 11 is 0. The van der Waals surface area contributed by atoms with Crippen LogP contribution >= 0.6 is 0 Å². The highest BCUT2D eigenvalue weighted by Crippen LogP contribution is 2.33. The lowest BCUT2D eigenvalue weighted by molar-refractivity contribution is -0.137. The number of aromatic nitrogens is 3. The van der Waals surface area contributed by atoms with E-state index in [-0.39, 0.29) is 11.4 Å². The maximum Gasteiger partial charge on any atom is 0.416 e. The second-order valence-corrected chi connectivity index (χ2v) is 7.59. The van der Waals surface area contributed by atoms with Crippen LogP contribution in [0.25, 0.3) is 5.69 Å². The molecule has 0 unspecified atom stereocenters. The highest BCUT2D eigenvalue weighted by Gasteiger charge is 2.31. The molecule has 0 aliphatic heterocycles. The zero-order valence-electron chi connectivity index (χ0n) is 18.7. The Morgan fingerprint density at radius 3 is 2.47 bits per heavy atom. The Labute approximate surface area is 195 Å². The van der Waals surface area contributed by atoms with Crippen molar-refractivity contribution in [2.24, 2.45) is 0 Å². The van der Waals surface area contributed by atoms with Crippen molar-refractivity contribution >= 4 is 17.4 Å². The van der Waals surface area contributed by atoms with E-state index in [2.05, 4.69) is 27.3 Å². The van der Waals surface area contributed by atoms with E-state index < -0.39 is 17.8 Å². The third-order valence-electron chi connectivity index (χ3n) is 4.67. The molecule has 0 spiro atoms. The number of halogens is 3. The summed E-state index contributed by atoms with van der Waals surface area (Å²) in [5.74, 6) is 0. The number of nitrogens with one attached hydrogen (secondary N) is 2. The molecule has 0 radical (unpaired) electrons. The molecular formula is C25H24F3N5O. The van der Waals surface area contributed by atoms with Crippen LogP contribution in [-0.2, 0) is 12.6 Å². The Kier molecular flexibility index (Phi) is 7.68. The van der Waals surface area contributed by atoms with Gasteiger partial charge in [0, 0.05) is 5.69 Å². The van der Waals surface area contributed by atoms with Crippen molar-refractivity contribution in [1.29, 1.82) is 0 Å². The van der Waals surface area contributed by atoms with Crippen molar-refractivity contribution < 1.29 is 18.0 Å². The Hall–Kier alpha value is -4.14. The molecule has 2 aromatic carbocycles. The van der Waals surface area contributed by atoms with Crippen LogP contribution in [0.2, 0.25) is 0 Å². The zero-order chi connectivity index (χ0) is 24.7. The van der Waals surface area contributed by atoms with Crippen molar-refractivity contribution in [2.75, 3.05) is 10.6 Å². The molecule has 0 saturated heterocycles. The summed E-state index contributed by atoms with van der Waals surface area (Å²) < 4.78 is 40.9. The number of hydrogen-bond acceptors (Lipinski definition) is 3. The van der Waals surface area contributed by atoms with Gasteiger partial charge in [0.1, 0.15) is 12.7 Å². The van der Waals surface area contributed by atoms with Crippen molar-refractivity contribution in [2.45, 2.75) is 26.4 Å². The van der Waals surface area contributed by atoms with Crippen LogP contribution in [0.15, 0.2) is 91.1 Å². The lowest BCUT2D eigenvalue weighted by Gasteiger charge is -2.15. The standard InChI is InChI=1S/C25H24F3N5O/c1-4-5-19(12-17(2)3)13-18-6-9-21(10-7-18)31-24(34)32-22-14-20(25(26,27)28)8-11-23(22)33-16-29-15-30-33/h4-12,14-16H,2,13H2,1,3H3,(H2,31,32,34)/b5-4-,19-12+.